The zero-order chi connectivity index (χ0) is 24.4. The molecule has 1 saturated heterocycles. The first kappa shape index (κ1) is 23.2. The number of nitro groups is 1. The van der Waals surface area contributed by atoms with Gasteiger partial charge in [0.1, 0.15) is 17.2 Å². The maximum atomic E-state index is 13.6. The van der Waals surface area contributed by atoms with Gasteiger partial charge in [-0.05, 0) is 44.2 Å². The Morgan fingerprint density at radius 1 is 1.06 bits per heavy atom. The van der Waals surface area contributed by atoms with Gasteiger partial charge in [-0.3, -0.25) is 14.9 Å². The molecule has 34 heavy (non-hydrogen) atoms. The number of methoxy groups -OCH3 is 2. The van der Waals surface area contributed by atoms with Crippen LogP contribution in [0, 0.1) is 10.1 Å². The number of amides is 1. The van der Waals surface area contributed by atoms with Crippen molar-refractivity contribution in [3.8, 4) is 28.4 Å². The molecule has 10 nitrogen and oxygen atoms in total. The summed E-state index contributed by atoms with van der Waals surface area (Å²) in [6.45, 7) is 4.76. The number of carbonyl (C=O) groups is 1. The summed E-state index contributed by atoms with van der Waals surface area (Å²) in [5, 5.41) is 15.8. The minimum absolute atomic E-state index is 0.0448. The van der Waals surface area contributed by atoms with Crippen LogP contribution >= 0.6 is 0 Å². The Labute approximate surface area is 196 Å². The van der Waals surface area contributed by atoms with E-state index in [9.17, 15) is 14.9 Å². The molecule has 3 aromatic rings. The van der Waals surface area contributed by atoms with Gasteiger partial charge in [0.05, 0.1) is 42.7 Å². The summed E-state index contributed by atoms with van der Waals surface area (Å²) in [5.74, 6) is 0.967. The monoisotopic (exact) mass is 466 g/mol. The van der Waals surface area contributed by atoms with Crippen molar-refractivity contribution in [3.05, 3.63) is 64.3 Å². The Morgan fingerprint density at radius 2 is 1.74 bits per heavy atom. The average molecular weight is 466 g/mol. The fraction of sp³-hybridized carbons (Fsp3) is 0.333. The van der Waals surface area contributed by atoms with Crippen LogP contribution in [0.3, 0.4) is 0 Å². The van der Waals surface area contributed by atoms with Crippen LogP contribution in [-0.4, -0.2) is 65.0 Å². The van der Waals surface area contributed by atoms with Gasteiger partial charge in [-0.1, -0.05) is 0 Å². The molecule has 2 heterocycles. The number of nitrogens with zero attached hydrogens (tertiary/aromatic N) is 4. The van der Waals surface area contributed by atoms with Crippen molar-refractivity contribution in [1.29, 1.82) is 0 Å². The van der Waals surface area contributed by atoms with Gasteiger partial charge in [0.15, 0.2) is 0 Å². The number of ether oxygens (including phenoxy) is 3. The third-order valence-electron chi connectivity index (χ3n) is 5.63. The third kappa shape index (κ3) is 4.58. The van der Waals surface area contributed by atoms with E-state index in [2.05, 4.69) is 0 Å². The van der Waals surface area contributed by atoms with Crippen molar-refractivity contribution in [2.45, 2.75) is 26.1 Å². The molecule has 1 aliphatic rings. The molecule has 1 fully saturated rings. The predicted octanol–water partition coefficient (Wildman–Crippen LogP) is 3.71. The van der Waals surface area contributed by atoms with Crippen LogP contribution < -0.4 is 9.47 Å². The minimum Gasteiger partial charge on any atom is -0.497 e. The summed E-state index contributed by atoms with van der Waals surface area (Å²) >= 11 is 0. The van der Waals surface area contributed by atoms with Crippen LogP contribution in [0.2, 0.25) is 0 Å². The van der Waals surface area contributed by atoms with Gasteiger partial charge in [-0.25, -0.2) is 4.68 Å². The van der Waals surface area contributed by atoms with Crippen molar-refractivity contribution in [3.63, 3.8) is 0 Å². The maximum absolute atomic E-state index is 13.6. The topological polar surface area (TPSA) is 109 Å². The van der Waals surface area contributed by atoms with E-state index in [1.54, 1.807) is 49.5 Å². The minimum atomic E-state index is -0.469. The number of aromatic nitrogens is 2. The fourth-order valence-electron chi connectivity index (χ4n) is 4.09. The number of morpholine rings is 1. The lowest BCUT2D eigenvalue weighted by molar-refractivity contribution is -0.384. The molecule has 0 aliphatic carbocycles. The molecule has 2 unspecified atom stereocenters. The van der Waals surface area contributed by atoms with Gasteiger partial charge in [0, 0.05) is 36.9 Å². The van der Waals surface area contributed by atoms with Gasteiger partial charge >= 0.3 is 0 Å². The predicted molar refractivity (Wildman–Crippen MR) is 125 cm³/mol. The highest BCUT2D eigenvalue weighted by Gasteiger charge is 2.30. The van der Waals surface area contributed by atoms with Crippen LogP contribution in [0.25, 0.3) is 16.9 Å². The van der Waals surface area contributed by atoms with Gasteiger partial charge in [0.25, 0.3) is 11.6 Å². The van der Waals surface area contributed by atoms with Crippen LogP contribution in [0.1, 0.15) is 24.3 Å². The molecule has 0 saturated carbocycles. The number of non-ortho nitro benzene ring substituents is 1. The number of hydrogen-bond donors (Lipinski definition) is 0. The van der Waals surface area contributed by atoms with Gasteiger partial charge in [-0.2, -0.15) is 5.10 Å². The Morgan fingerprint density at radius 3 is 2.32 bits per heavy atom. The smallest absolute Gasteiger partial charge is 0.272 e. The Bertz CT molecular complexity index is 1200. The van der Waals surface area contributed by atoms with Crippen LogP contribution in [0.15, 0.2) is 48.5 Å². The van der Waals surface area contributed by atoms with Crippen LogP contribution in [-0.2, 0) is 4.74 Å². The van der Waals surface area contributed by atoms with Crippen molar-refractivity contribution in [2.24, 2.45) is 0 Å². The number of benzene rings is 2. The first-order chi connectivity index (χ1) is 16.3. The lowest BCUT2D eigenvalue weighted by Gasteiger charge is -2.35. The van der Waals surface area contributed by atoms with Crippen molar-refractivity contribution >= 4 is 11.6 Å². The molecule has 0 N–H and O–H groups in total. The number of hydrogen-bond acceptors (Lipinski definition) is 7. The summed E-state index contributed by atoms with van der Waals surface area (Å²) < 4.78 is 18.1. The summed E-state index contributed by atoms with van der Waals surface area (Å²) in [6, 6.07) is 13.0. The standard InChI is InChI=1S/C24H26N4O6/c1-15-13-26(14-16(2)34-15)24(29)22-12-21(20-10-9-19(32-3)11-23(20)33-4)25-27(22)17-5-7-18(8-6-17)28(30)31/h5-12,15-16H,13-14H2,1-4H3. The summed E-state index contributed by atoms with van der Waals surface area (Å²) in [4.78, 5) is 26.0. The fourth-order valence-corrected chi connectivity index (χ4v) is 4.09. The SMILES string of the molecule is COc1ccc(-c2cc(C(=O)N3CC(C)OC(C)C3)n(-c3ccc([N+](=O)[O-])cc3)n2)c(OC)c1. The molecule has 1 aromatic heterocycles. The van der Waals surface area contributed by atoms with Crippen LogP contribution in [0.4, 0.5) is 5.69 Å². The molecule has 178 valence electrons. The lowest BCUT2D eigenvalue weighted by Crippen LogP contribution is -2.48. The molecule has 0 bridgehead atoms. The highest BCUT2D eigenvalue weighted by molar-refractivity contribution is 5.94. The van der Waals surface area contributed by atoms with E-state index in [4.69, 9.17) is 19.3 Å². The summed E-state index contributed by atoms with van der Waals surface area (Å²) in [5.41, 5.74) is 2.03. The van der Waals surface area contributed by atoms with Crippen molar-refractivity contribution in [2.75, 3.05) is 27.3 Å². The highest BCUT2D eigenvalue weighted by atomic mass is 16.6. The van der Waals surface area contributed by atoms with Crippen LogP contribution in [0.5, 0.6) is 11.5 Å². The van der Waals surface area contributed by atoms with Gasteiger partial charge < -0.3 is 19.1 Å². The Balaban J connectivity index is 1.81. The first-order valence-electron chi connectivity index (χ1n) is 10.8. The highest BCUT2D eigenvalue weighted by Crippen LogP contribution is 2.34. The van der Waals surface area contributed by atoms with Crippen molar-refractivity contribution < 1.29 is 23.9 Å². The zero-order valence-corrected chi connectivity index (χ0v) is 19.4. The molecule has 0 radical (unpaired) electrons. The second-order valence-electron chi connectivity index (χ2n) is 8.13. The zero-order valence-electron chi connectivity index (χ0n) is 19.4. The second kappa shape index (κ2) is 9.52. The van der Waals surface area contributed by atoms with Gasteiger partial charge in [0.2, 0.25) is 0 Å². The van der Waals surface area contributed by atoms with Gasteiger partial charge in [-0.15, -0.1) is 0 Å². The summed E-state index contributed by atoms with van der Waals surface area (Å²) in [7, 11) is 3.12. The number of carbonyl (C=O) groups excluding carboxylic acids is 1. The molecule has 2 aromatic carbocycles. The quantitative estimate of drug-likeness (QED) is 0.402. The largest absolute Gasteiger partial charge is 0.497 e. The van der Waals surface area contributed by atoms with E-state index in [0.717, 1.165) is 0 Å². The van der Waals surface area contributed by atoms with E-state index in [-0.39, 0.29) is 23.8 Å². The Hall–Kier alpha value is -3.92. The van der Waals surface area contributed by atoms with E-state index in [1.807, 2.05) is 19.9 Å². The molecule has 0 spiro atoms. The first-order valence-corrected chi connectivity index (χ1v) is 10.8. The lowest BCUT2D eigenvalue weighted by atomic mass is 10.1. The molecule has 2 atom stereocenters. The van der Waals surface area contributed by atoms with E-state index < -0.39 is 4.92 Å². The molecule has 1 aliphatic heterocycles. The van der Waals surface area contributed by atoms with E-state index in [0.29, 0.717) is 47.2 Å². The molecule has 1 amide bonds. The average Bonchev–Trinajstić information content (AvgIpc) is 3.27. The molecular formula is C24H26N4O6. The van der Waals surface area contributed by atoms with E-state index >= 15 is 0 Å². The molecule has 10 heteroatoms. The maximum Gasteiger partial charge on any atom is 0.272 e. The third-order valence-corrected chi connectivity index (χ3v) is 5.63. The number of nitro benzene ring substituents is 1. The second-order valence-corrected chi connectivity index (χ2v) is 8.13. The normalized spacial score (nSPS) is 17.9. The van der Waals surface area contributed by atoms with Crippen molar-refractivity contribution in [1.82, 2.24) is 14.7 Å². The summed E-state index contributed by atoms with van der Waals surface area (Å²) in [6.07, 6.45) is -0.186. The number of rotatable bonds is 6. The Kier molecular flexibility index (Phi) is 6.51. The van der Waals surface area contributed by atoms with E-state index in [1.165, 1.54) is 16.8 Å². The molecule has 4 rings (SSSR count). The molecular weight excluding hydrogens is 440 g/mol.